The van der Waals surface area contributed by atoms with Crippen LogP contribution in [-0.4, -0.2) is 63.1 Å². The molecule has 1 heterocycles. The van der Waals surface area contributed by atoms with Crippen molar-refractivity contribution in [3.05, 3.63) is 36.1 Å². The molecule has 0 aliphatic carbocycles. The number of halogens is 3. The first-order valence-electron chi connectivity index (χ1n) is 7.49. The molecular weight excluding hydrogens is 395 g/mol. The number of carboxylic acid groups (broad SMARTS) is 1. The van der Waals surface area contributed by atoms with Crippen molar-refractivity contribution in [3.8, 4) is 5.75 Å². The molecule has 0 saturated carbocycles. The van der Waals surface area contributed by atoms with E-state index in [0.29, 0.717) is 0 Å². The number of methoxy groups -OCH3 is 1. The summed E-state index contributed by atoms with van der Waals surface area (Å²) in [4.78, 5) is 10.7. The third-order valence-electron chi connectivity index (χ3n) is 3.52. The van der Waals surface area contributed by atoms with E-state index in [1.54, 1.807) is 0 Å². The van der Waals surface area contributed by atoms with Crippen LogP contribution in [0.3, 0.4) is 0 Å². The first kappa shape index (κ1) is 21.0. The zero-order valence-corrected chi connectivity index (χ0v) is 14.8. The highest BCUT2D eigenvalue weighted by Crippen LogP contribution is 2.26. The Kier molecular flexibility index (Phi) is 6.34. The Bertz CT molecular complexity index is 806. The van der Waals surface area contributed by atoms with Gasteiger partial charge in [0.1, 0.15) is 5.75 Å². The molecule has 27 heavy (non-hydrogen) atoms. The smallest absolute Gasteiger partial charge is 0.490 e. The second-order valence-corrected chi connectivity index (χ2v) is 7.27. The fourth-order valence-corrected chi connectivity index (χ4v) is 3.76. The number of ether oxygens (including phenoxy) is 3. The minimum Gasteiger partial charge on any atom is -0.490 e. The molecule has 1 unspecified atom stereocenters. The molecular formula is C15H16F3NO7S. The average molecular weight is 411 g/mol. The van der Waals surface area contributed by atoms with Crippen LogP contribution >= 0.6 is 0 Å². The molecule has 0 bridgehead atoms. The van der Waals surface area contributed by atoms with Gasteiger partial charge in [-0.1, -0.05) is 0 Å². The highest BCUT2D eigenvalue weighted by atomic mass is 32.2. The molecule has 1 aromatic rings. The van der Waals surface area contributed by atoms with E-state index in [0.717, 1.165) is 41.8 Å². The largest absolute Gasteiger partial charge is 0.573 e. The van der Waals surface area contributed by atoms with Crippen molar-refractivity contribution in [1.29, 1.82) is 0 Å². The second-order valence-electron chi connectivity index (χ2n) is 5.33. The Hall–Kier alpha value is -2.31. The van der Waals surface area contributed by atoms with E-state index in [-0.39, 0.29) is 24.6 Å². The third-order valence-corrected chi connectivity index (χ3v) is 5.40. The van der Waals surface area contributed by atoms with Crippen molar-refractivity contribution in [3.63, 3.8) is 0 Å². The summed E-state index contributed by atoms with van der Waals surface area (Å²) >= 11 is 0. The first-order valence-corrected chi connectivity index (χ1v) is 8.93. The molecule has 0 radical (unpaired) electrons. The number of hydrogen-bond acceptors (Lipinski definition) is 6. The maximum absolute atomic E-state index is 12.7. The first-order chi connectivity index (χ1) is 12.5. The summed E-state index contributed by atoms with van der Waals surface area (Å²) in [5, 5.41) is 8.94. The standard InChI is InChI=1S/C15H16F3NO7S/c1-24-13(14(20)21)8-11-9-19(6-7-25-11)27(22,23)12-4-2-10(3-5-12)26-15(16,17)18/h2-5,8,11H,6-7,9H2,1H3,(H,20,21)/b13-8+. The molecule has 1 aliphatic heterocycles. The Morgan fingerprint density at radius 1 is 1.33 bits per heavy atom. The highest BCUT2D eigenvalue weighted by Gasteiger charge is 2.33. The van der Waals surface area contributed by atoms with Gasteiger partial charge in [-0.2, -0.15) is 4.31 Å². The number of carboxylic acids is 1. The molecule has 150 valence electrons. The molecule has 0 aromatic heterocycles. The van der Waals surface area contributed by atoms with Crippen molar-refractivity contribution in [2.24, 2.45) is 0 Å². The number of hydrogen-bond donors (Lipinski definition) is 1. The van der Waals surface area contributed by atoms with Gasteiger partial charge in [-0.25, -0.2) is 13.2 Å². The minimum absolute atomic E-state index is 0.00284. The minimum atomic E-state index is -4.88. The van der Waals surface area contributed by atoms with Gasteiger partial charge in [-0.05, 0) is 30.3 Å². The normalized spacial score (nSPS) is 19.6. The van der Waals surface area contributed by atoms with E-state index in [1.165, 1.54) is 0 Å². The lowest BCUT2D eigenvalue weighted by Gasteiger charge is -2.30. The summed E-state index contributed by atoms with van der Waals surface area (Å²) in [5.74, 6) is -2.27. The van der Waals surface area contributed by atoms with Crippen LogP contribution in [0.15, 0.2) is 41.0 Å². The molecule has 2 rings (SSSR count). The summed E-state index contributed by atoms with van der Waals surface area (Å²) in [7, 11) is -2.86. The summed E-state index contributed by atoms with van der Waals surface area (Å²) in [5.41, 5.74) is 0. The molecule has 0 amide bonds. The molecule has 1 fully saturated rings. The predicted octanol–water partition coefficient (Wildman–Crippen LogP) is 1.59. The van der Waals surface area contributed by atoms with Crippen LogP contribution in [0.1, 0.15) is 0 Å². The molecule has 8 nitrogen and oxygen atoms in total. The van der Waals surface area contributed by atoms with E-state index >= 15 is 0 Å². The van der Waals surface area contributed by atoms with E-state index in [4.69, 9.17) is 9.84 Å². The summed E-state index contributed by atoms with van der Waals surface area (Å²) in [6.07, 6.45) is -4.59. The Morgan fingerprint density at radius 3 is 2.48 bits per heavy atom. The van der Waals surface area contributed by atoms with Crippen molar-refractivity contribution < 1.29 is 45.7 Å². The van der Waals surface area contributed by atoms with Gasteiger partial charge in [-0.3, -0.25) is 0 Å². The number of carbonyl (C=O) groups is 1. The van der Waals surface area contributed by atoms with Crippen LogP contribution in [0.4, 0.5) is 13.2 Å². The van der Waals surface area contributed by atoms with E-state index in [1.807, 2.05) is 0 Å². The van der Waals surface area contributed by atoms with Crippen LogP contribution in [0.5, 0.6) is 5.75 Å². The molecule has 1 atom stereocenters. The lowest BCUT2D eigenvalue weighted by atomic mass is 10.2. The fraction of sp³-hybridized carbons (Fsp3) is 0.400. The molecule has 1 aliphatic rings. The Labute approximate surface area is 152 Å². The van der Waals surface area contributed by atoms with E-state index in [2.05, 4.69) is 9.47 Å². The monoisotopic (exact) mass is 411 g/mol. The van der Waals surface area contributed by atoms with Gasteiger partial charge in [0.25, 0.3) is 0 Å². The van der Waals surface area contributed by atoms with Crippen molar-refractivity contribution in [1.82, 2.24) is 4.31 Å². The van der Waals surface area contributed by atoms with Gasteiger partial charge >= 0.3 is 12.3 Å². The number of rotatable bonds is 6. The number of aliphatic carboxylic acids is 1. The molecule has 1 saturated heterocycles. The van der Waals surface area contributed by atoms with Gasteiger partial charge in [-0.15, -0.1) is 13.2 Å². The lowest BCUT2D eigenvalue weighted by Crippen LogP contribution is -2.45. The van der Waals surface area contributed by atoms with Crippen LogP contribution in [-0.2, 0) is 24.3 Å². The predicted molar refractivity (Wildman–Crippen MR) is 84.4 cm³/mol. The topological polar surface area (TPSA) is 102 Å². The van der Waals surface area contributed by atoms with Gasteiger partial charge in [0.2, 0.25) is 15.8 Å². The summed E-state index contributed by atoms with van der Waals surface area (Å²) < 4.78 is 76.6. The van der Waals surface area contributed by atoms with Crippen molar-refractivity contribution >= 4 is 16.0 Å². The quantitative estimate of drug-likeness (QED) is 0.560. The van der Waals surface area contributed by atoms with Crippen LogP contribution < -0.4 is 4.74 Å². The van der Waals surface area contributed by atoms with Crippen LogP contribution in [0.25, 0.3) is 0 Å². The van der Waals surface area contributed by atoms with E-state index < -0.39 is 40.0 Å². The Balaban J connectivity index is 2.17. The number of benzene rings is 1. The number of alkyl halides is 3. The fourth-order valence-electron chi connectivity index (χ4n) is 2.33. The third kappa shape index (κ3) is 5.58. The second kappa shape index (κ2) is 8.15. The highest BCUT2D eigenvalue weighted by molar-refractivity contribution is 7.89. The average Bonchev–Trinajstić information content (AvgIpc) is 2.58. The lowest BCUT2D eigenvalue weighted by molar-refractivity contribution is -0.274. The van der Waals surface area contributed by atoms with Crippen molar-refractivity contribution in [2.45, 2.75) is 17.4 Å². The maximum atomic E-state index is 12.7. The molecule has 1 aromatic carbocycles. The maximum Gasteiger partial charge on any atom is 0.573 e. The zero-order chi connectivity index (χ0) is 20.2. The van der Waals surface area contributed by atoms with Crippen molar-refractivity contribution in [2.75, 3.05) is 26.8 Å². The summed E-state index contributed by atoms with van der Waals surface area (Å²) in [6.45, 7) is -0.168. The number of nitrogens with zero attached hydrogens (tertiary/aromatic N) is 1. The summed E-state index contributed by atoms with van der Waals surface area (Å²) in [6, 6.07) is 3.78. The molecule has 0 spiro atoms. The van der Waals surface area contributed by atoms with Crippen LogP contribution in [0.2, 0.25) is 0 Å². The van der Waals surface area contributed by atoms with Gasteiger partial charge in [0, 0.05) is 13.1 Å². The molecule has 12 heteroatoms. The van der Waals surface area contributed by atoms with E-state index in [9.17, 15) is 26.4 Å². The van der Waals surface area contributed by atoms with Crippen LogP contribution in [0, 0.1) is 0 Å². The Morgan fingerprint density at radius 2 is 1.96 bits per heavy atom. The van der Waals surface area contributed by atoms with Gasteiger partial charge in [0.05, 0.1) is 24.7 Å². The van der Waals surface area contributed by atoms with Gasteiger partial charge < -0.3 is 19.3 Å². The SMILES string of the molecule is CO/C(=C/C1CN(S(=O)(=O)c2ccc(OC(F)(F)F)cc2)CCO1)C(=O)O. The van der Waals surface area contributed by atoms with Gasteiger partial charge in [0.15, 0.2) is 0 Å². The molecule has 1 N–H and O–H groups in total. The number of sulfonamides is 1. The number of morpholine rings is 1. The zero-order valence-electron chi connectivity index (χ0n) is 14.0.